The van der Waals surface area contributed by atoms with Gasteiger partial charge in [-0.15, -0.1) is 0 Å². The quantitative estimate of drug-likeness (QED) is 0.192. The van der Waals surface area contributed by atoms with Crippen molar-refractivity contribution in [2.45, 2.75) is 58.4 Å². The van der Waals surface area contributed by atoms with Crippen molar-refractivity contribution in [1.82, 2.24) is 0 Å². The maximum Gasteiger partial charge on any atom is 0.0701 e. The third-order valence-corrected chi connectivity index (χ3v) is 8.23. The second-order valence-corrected chi connectivity index (χ2v) is 10.9. The molecule has 0 saturated carbocycles. The number of aryl methyl sites for hydroxylation is 1. The Morgan fingerprint density at radius 1 is 0.700 bits per heavy atom. The molecule has 2 N–H and O–H groups in total. The first kappa shape index (κ1) is 34.9. The SMILES string of the molecule is CCN1c2cc(C)ccc2C(CCOCCOCCOCCO)(CCOCCOCCOCCO)C(C)C1(C)C. The van der Waals surface area contributed by atoms with Gasteiger partial charge in [-0.3, -0.25) is 0 Å². The van der Waals surface area contributed by atoms with Crippen molar-refractivity contribution < 1.29 is 38.6 Å². The molecule has 0 spiro atoms. The molecule has 1 aromatic carbocycles. The summed E-state index contributed by atoms with van der Waals surface area (Å²) in [5, 5.41) is 17.5. The summed E-state index contributed by atoms with van der Waals surface area (Å²) in [5.74, 6) is 0.363. The summed E-state index contributed by atoms with van der Waals surface area (Å²) in [7, 11) is 0. The molecular formula is C31H55NO8. The Hall–Kier alpha value is -1.30. The standard InChI is InChI=1S/C31H55NO8/c1-6-32-29-25-26(2)7-8-28(29)31(27(3)30(32,4)5,9-13-35-17-21-39-23-19-37-15-11-33)10-14-36-18-22-40-24-20-38-16-12-34/h7-8,25,27,33-34H,6,9-24H2,1-5H3. The molecule has 1 aliphatic heterocycles. The van der Waals surface area contributed by atoms with Crippen molar-refractivity contribution in [2.75, 3.05) is 104 Å². The Morgan fingerprint density at radius 3 is 1.55 bits per heavy atom. The molecule has 1 unspecified atom stereocenters. The Bertz CT molecular complexity index is 782. The number of hydrogen-bond donors (Lipinski definition) is 2. The maximum absolute atomic E-state index is 8.77. The number of hydrogen-bond acceptors (Lipinski definition) is 9. The number of fused-ring (bicyclic) bond motifs is 1. The Morgan fingerprint density at radius 2 is 1.12 bits per heavy atom. The number of nitrogens with zero attached hydrogens (tertiary/aromatic N) is 1. The van der Waals surface area contributed by atoms with Crippen LogP contribution in [0.25, 0.3) is 0 Å². The number of aliphatic hydroxyl groups is 2. The zero-order valence-electron chi connectivity index (χ0n) is 25.6. The van der Waals surface area contributed by atoms with Gasteiger partial charge in [0.2, 0.25) is 0 Å². The molecule has 0 bridgehead atoms. The van der Waals surface area contributed by atoms with Crippen LogP contribution in [-0.2, 0) is 33.8 Å². The van der Waals surface area contributed by atoms with E-state index in [1.807, 2.05) is 0 Å². The van der Waals surface area contributed by atoms with Crippen molar-refractivity contribution in [3.8, 4) is 0 Å². The van der Waals surface area contributed by atoms with E-state index in [9.17, 15) is 0 Å². The Kier molecular flexibility index (Phi) is 16.6. The molecule has 1 aliphatic rings. The fourth-order valence-corrected chi connectivity index (χ4v) is 5.87. The molecule has 1 heterocycles. The predicted octanol–water partition coefficient (Wildman–Crippen LogP) is 3.35. The summed E-state index contributed by atoms with van der Waals surface area (Å²) < 4.78 is 33.8. The van der Waals surface area contributed by atoms with Gasteiger partial charge in [0.05, 0.1) is 79.3 Å². The molecule has 1 aromatic rings. The van der Waals surface area contributed by atoms with Crippen LogP contribution in [0.3, 0.4) is 0 Å². The fraction of sp³-hybridized carbons (Fsp3) is 0.806. The molecule has 232 valence electrons. The first-order valence-electron chi connectivity index (χ1n) is 14.9. The molecule has 0 fully saturated rings. The van der Waals surface area contributed by atoms with Gasteiger partial charge in [0.1, 0.15) is 0 Å². The molecule has 0 radical (unpaired) electrons. The summed E-state index contributed by atoms with van der Waals surface area (Å²) in [6.07, 6.45) is 1.79. The van der Waals surface area contributed by atoms with Crippen LogP contribution in [0.2, 0.25) is 0 Å². The van der Waals surface area contributed by atoms with Gasteiger partial charge in [0, 0.05) is 36.4 Å². The lowest BCUT2D eigenvalue weighted by Gasteiger charge is -2.58. The van der Waals surface area contributed by atoms with Crippen LogP contribution in [-0.4, -0.2) is 115 Å². The average molecular weight is 570 g/mol. The number of aliphatic hydroxyl groups excluding tert-OH is 2. The van der Waals surface area contributed by atoms with E-state index in [1.54, 1.807) is 0 Å². The Balaban J connectivity index is 2.03. The average Bonchev–Trinajstić information content (AvgIpc) is 2.93. The summed E-state index contributed by atoms with van der Waals surface area (Å²) in [4.78, 5) is 2.55. The number of anilines is 1. The van der Waals surface area contributed by atoms with Crippen LogP contribution in [0.4, 0.5) is 5.69 Å². The van der Waals surface area contributed by atoms with E-state index >= 15 is 0 Å². The van der Waals surface area contributed by atoms with Crippen molar-refractivity contribution in [1.29, 1.82) is 0 Å². The minimum absolute atomic E-state index is 0.0270. The van der Waals surface area contributed by atoms with E-state index in [4.69, 9.17) is 38.6 Å². The molecule has 9 heteroatoms. The monoisotopic (exact) mass is 569 g/mol. The summed E-state index contributed by atoms with van der Waals surface area (Å²) >= 11 is 0. The smallest absolute Gasteiger partial charge is 0.0701 e. The van der Waals surface area contributed by atoms with Crippen molar-refractivity contribution in [3.63, 3.8) is 0 Å². The molecule has 0 aromatic heterocycles. The largest absolute Gasteiger partial charge is 0.394 e. The summed E-state index contributed by atoms with van der Waals surface area (Å²) in [5.41, 5.74) is 3.84. The van der Waals surface area contributed by atoms with Crippen molar-refractivity contribution in [3.05, 3.63) is 29.3 Å². The minimum atomic E-state index is -0.101. The molecule has 40 heavy (non-hydrogen) atoms. The van der Waals surface area contributed by atoms with Crippen LogP contribution in [0.5, 0.6) is 0 Å². The van der Waals surface area contributed by atoms with Crippen molar-refractivity contribution in [2.24, 2.45) is 5.92 Å². The van der Waals surface area contributed by atoms with Gasteiger partial charge >= 0.3 is 0 Å². The Labute approximate surface area is 242 Å². The van der Waals surface area contributed by atoms with Crippen LogP contribution in [0.1, 0.15) is 51.7 Å². The third kappa shape index (κ3) is 10.2. The molecule has 0 aliphatic carbocycles. The molecular weight excluding hydrogens is 514 g/mol. The van der Waals surface area contributed by atoms with E-state index < -0.39 is 0 Å². The van der Waals surface area contributed by atoms with Crippen LogP contribution in [0, 0.1) is 12.8 Å². The molecule has 0 amide bonds. The zero-order chi connectivity index (χ0) is 29.3. The highest BCUT2D eigenvalue weighted by Gasteiger charge is 2.52. The third-order valence-electron chi connectivity index (χ3n) is 8.23. The number of ether oxygens (including phenoxy) is 6. The molecule has 9 nitrogen and oxygen atoms in total. The first-order valence-corrected chi connectivity index (χ1v) is 14.9. The van der Waals surface area contributed by atoms with E-state index in [0.717, 1.165) is 19.4 Å². The number of benzene rings is 1. The van der Waals surface area contributed by atoms with Crippen LogP contribution < -0.4 is 4.90 Å². The lowest BCUT2D eigenvalue weighted by molar-refractivity contribution is -0.00754. The van der Waals surface area contributed by atoms with Gasteiger partial charge in [-0.05, 0) is 63.6 Å². The topological polar surface area (TPSA) is 99.1 Å². The highest BCUT2D eigenvalue weighted by molar-refractivity contribution is 5.63. The highest BCUT2D eigenvalue weighted by atomic mass is 16.6. The van der Waals surface area contributed by atoms with E-state index in [-0.39, 0.29) is 24.2 Å². The van der Waals surface area contributed by atoms with E-state index in [0.29, 0.717) is 85.2 Å². The lowest BCUT2D eigenvalue weighted by Crippen LogP contribution is -2.60. The van der Waals surface area contributed by atoms with Gasteiger partial charge in [0.15, 0.2) is 0 Å². The first-order chi connectivity index (χ1) is 19.3. The normalized spacial score (nSPS) is 17.8. The van der Waals surface area contributed by atoms with Crippen molar-refractivity contribution >= 4 is 5.69 Å². The minimum Gasteiger partial charge on any atom is -0.394 e. The van der Waals surface area contributed by atoms with Gasteiger partial charge < -0.3 is 43.5 Å². The van der Waals surface area contributed by atoms with E-state index in [1.165, 1.54) is 16.8 Å². The molecule has 2 rings (SSSR count). The molecule has 1 atom stereocenters. The maximum atomic E-state index is 8.77. The highest BCUT2D eigenvalue weighted by Crippen LogP contribution is 2.54. The number of rotatable bonds is 23. The predicted molar refractivity (Wildman–Crippen MR) is 157 cm³/mol. The van der Waals surface area contributed by atoms with Gasteiger partial charge in [-0.2, -0.15) is 0 Å². The summed E-state index contributed by atoms with van der Waals surface area (Å²) in [6.45, 7) is 18.5. The van der Waals surface area contributed by atoms with Gasteiger partial charge in [-0.1, -0.05) is 19.1 Å². The van der Waals surface area contributed by atoms with Crippen LogP contribution >= 0.6 is 0 Å². The van der Waals surface area contributed by atoms with E-state index in [2.05, 4.69) is 57.7 Å². The second kappa shape index (κ2) is 19.0. The molecule has 0 saturated heterocycles. The van der Waals surface area contributed by atoms with Gasteiger partial charge in [-0.25, -0.2) is 0 Å². The fourth-order valence-electron chi connectivity index (χ4n) is 5.87. The van der Waals surface area contributed by atoms with Crippen LogP contribution in [0.15, 0.2) is 18.2 Å². The second-order valence-electron chi connectivity index (χ2n) is 10.9. The van der Waals surface area contributed by atoms with Gasteiger partial charge in [0.25, 0.3) is 0 Å². The lowest BCUT2D eigenvalue weighted by atomic mass is 9.57. The zero-order valence-corrected chi connectivity index (χ0v) is 25.6. The summed E-state index contributed by atoms with van der Waals surface area (Å²) in [6, 6.07) is 6.89.